The van der Waals surface area contributed by atoms with Gasteiger partial charge in [-0.1, -0.05) is 12.1 Å². The van der Waals surface area contributed by atoms with Gasteiger partial charge in [-0.05, 0) is 37.2 Å². The van der Waals surface area contributed by atoms with Gasteiger partial charge in [-0.3, -0.25) is 4.90 Å². The second kappa shape index (κ2) is 9.18. The van der Waals surface area contributed by atoms with Gasteiger partial charge in [-0.15, -0.1) is 11.3 Å². The van der Waals surface area contributed by atoms with Crippen molar-refractivity contribution >= 4 is 27.5 Å². The Balaban J connectivity index is 1.25. The fourth-order valence-corrected chi connectivity index (χ4v) is 4.05. The summed E-state index contributed by atoms with van der Waals surface area (Å²) >= 11 is 1.62. The van der Waals surface area contributed by atoms with Crippen LogP contribution in [-0.2, 0) is 11.3 Å². The molecular formula is C20H25N5O2S. The van der Waals surface area contributed by atoms with E-state index in [9.17, 15) is 0 Å². The number of aliphatic imine (C=N–C) groups is 1. The molecule has 1 saturated heterocycles. The summed E-state index contributed by atoms with van der Waals surface area (Å²) in [5.74, 6) is 1.98. The molecule has 0 aliphatic carbocycles. The molecule has 28 heavy (non-hydrogen) atoms. The van der Waals surface area contributed by atoms with Gasteiger partial charge in [-0.2, -0.15) is 0 Å². The fraction of sp³-hybridized carbons (Fsp3) is 0.400. The Kier molecular flexibility index (Phi) is 6.20. The minimum Gasteiger partial charge on any atom is -0.457 e. The van der Waals surface area contributed by atoms with Gasteiger partial charge in [0.25, 0.3) is 0 Å². The highest BCUT2D eigenvalue weighted by molar-refractivity contribution is 7.21. The van der Waals surface area contributed by atoms with E-state index in [0.717, 1.165) is 72.6 Å². The zero-order chi connectivity index (χ0) is 19.2. The molecule has 3 heterocycles. The average molecular weight is 400 g/mol. The van der Waals surface area contributed by atoms with Crippen molar-refractivity contribution in [3.8, 4) is 10.8 Å². The van der Waals surface area contributed by atoms with Gasteiger partial charge in [0, 0.05) is 19.6 Å². The molecule has 3 aromatic rings. The van der Waals surface area contributed by atoms with Crippen LogP contribution in [0.5, 0.6) is 0 Å². The van der Waals surface area contributed by atoms with Crippen LogP contribution >= 0.6 is 11.3 Å². The molecule has 0 radical (unpaired) electrons. The van der Waals surface area contributed by atoms with Gasteiger partial charge in [-0.25, -0.2) is 9.98 Å². The lowest BCUT2D eigenvalue weighted by molar-refractivity contribution is 0.0376. The topological polar surface area (TPSA) is 88.9 Å². The zero-order valence-electron chi connectivity index (χ0n) is 15.8. The summed E-state index contributed by atoms with van der Waals surface area (Å²) in [6, 6.07) is 11.9. The first-order chi connectivity index (χ1) is 13.8. The number of rotatable bonds is 7. The Labute approximate surface area is 168 Å². The minimum absolute atomic E-state index is 0.410. The maximum Gasteiger partial charge on any atom is 0.189 e. The number of hydrogen-bond acceptors (Lipinski definition) is 6. The molecular weight excluding hydrogens is 374 g/mol. The Bertz CT molecular complexity index is 896. The van der Waals surface area contributed by atoms with Crippen molar-refractivity contribution in [1.82, 2.24) is 15.2 Å². The van der Waals surface area contributed by atoms with Crippen molar-refractivity contribution in [2.45, 2.75) is 13.0 Å². The summed E-state index contributed by atoms with van der Waals surface area (Å²) in [5, 5.41) is 4.05. The molecule has 1 fully saturated rings. The number of guanidine groups is 1. The average Bonchev–Trinajstić information content (AvgIpc) is 3.37. The summed E-state index contributed by atoms with van der Waals surface area (Å²) in [6.07, 6.45) is 1.03. The van der Waals surface area contributed by atoms with E-state index in [1.54, 1.807) is 11.3 Å². The molecule has 2 aromatic heterocycles. The number of thiazole rings is 1. The number of nitrogens with one attached hydrogen (secondary N) is 1. The first kappa shape index (κ1) is 18.9. The van der Waals surface area contributed by atoms with Gasteiger partial charge < -0.3 is 20.2 Å². The van der Waals surface area contributed by atoms with Crippen LogP contribution in [-0.4, -0.2) is 55.2 Å². The van der Waals surface area contributed by atoms with Crippen LogP contribution in [0.3, 0.4) is 0 Å². The van der Waals surface area contributed by atoms with Gasteiger partial charge in [0.2, 0.25) is 0 Å². The van der Waals surface area contributed by atoms with Crippen molar-refractivity contribution in [3.05, 3.63) is 42.2 Å². The van der Waals surface area contributed by atoms with Gasteiger partial charge in [0.05, 0.1) is 23.4 Å². The van der Waals surface area contributed by atoms with Crippen molar-refractivity contribution in [1.29, 1.82) is 0 Å². The monoisotopic (exact) mass is 399 g/mol. The fourth-order valence-electron chi connectivity index (χ4n) is 3.12. The van der Waals surface area contributed by atoms with E-state index in [2.05, 4.69) is 26.3 Å². The second-order valence-corrected chi connectivity index (χ2v) is 7.72. The van der Waals surface area contributed by atoms with Gasteiger partial charge >= 0.3 is 0 Å². The van der Waals surface area contributed by atoms with Crippen LogP contribution in [0, 0.1) is 0 Å². The van der Waals surface area contributed by atoms with E-state index in [4.69, 9.17) is 14.9 Å². The molecule has 3 N–H and O–H groups in total. The molecule has 0 bridgehead atoms. The molecule has 0 spiro atoms. The van der Waals surface area contributed by atoms with E-state index < -0.39 is 0 Å². The molecule has 0 atom stereocenters. The molecule has 0 unspecified atom stereocenters. The normalized spacial score (nSPS) is 15.9. The van der Waals surface area contributed by atoms with E-state index in [-0.39, 0.29) is 0 Å². The zero-order valence-corrected chi connectivity index (χ0v) is 16.6. The number of para-hydroxylation sites is 1. The molecule has 0 saturated carbocycles. The third-order valence-electron chi connectivity index (χ3n) is 4.63. The standard InChI is InChI=1S/C20H25N5O2S/c21-20(22-8-3-9-25-10-12-26-13-11-25)23-14-15-6-7-17(27-15)19-24-16-4-1-2-5-18(16)28-19/h1-2,4-7H,3,8-14H2,(H3,21,22,23). The second-order valence-electron chi connectivity index (χ2n) is 6.69. The predicted octanol–water partition coefficient (Wildman–Crippen LogP) is 2.68. The van der Waals surface area contributed by atoms with Crippen LogP contribution in [0.1, 0.15) is 12.2 Å². The molecule has 0 amide bonds. The van der Waals surface area contributed by atoms with E-state index in [0.29, 0.717) is 12.5 Å². The number of benzene rings is 1. The SMILES string of the molecule is NC(=NCc1ccc(-c2nc3ccccc3s2)o1)NCCCN1CCOCC1. The lowest BCUT2D eigenvalue weighted by Gasteiger charge is -2.26. The number of ether oxygens (including phenoxy) is 1. The number of nitrogens with two attached hydrogens (primary N) is 1. The number of fused-ring (bicyclic) bond motifs is 1. The molecule has 7 nitrogen and oxygen atoms in total. The van der Waals surface area contributed by atoms with Crippen molar-refractivity contribution in [2.24, 2.45) is 10.7 Å². The molecule has 148 valence electrons. The number of morpholine rings is 1. The van der Waals surface area contributed by atoms with Crippen molar-refractivity contribution in [2.75, 3.05) is 39.4 Å². The smallest absolute Gasteiger partial charge is 0.189 e. The molecule has 4 rings (SSSR count). The van der Waals surface area contributed by atoms with Crippen LogP contribution < -0.4 is 11.1 Å². The number of nitrogens with zero attached hydrogens (tertiary/aromatic N) is 3. The largest absolute Gasteiger partial charge is 0.457 e. The van der Waals surface area contributed by atoms with Crippen LogP contribution in [0.2, 0.25) is 0 Å². The predicted molar refractivity (Wildman–Crippen MR) is 113 cm³/mol. The van der Waals surface area contributed by atoms with E-state index in [1.807, 2.05) is 30.3 Å². The van der Waals surface area contributed by atoms with Crippen molar-refractivity contribution in [3.63, 3.8) is 0 Å². The summed E-state index contributed by atoms with van der Waals surface area (Å²) in [6.45, 7) is 5.96. The quantitative estimate of drug-likeness (QED) is 0.361. The Morgan fingerprint density at radius 1 is 1.21 bits per heavy atom. The van der Waals surface area contributed by atoms with E-state index >= 15 is 0 Å². The highest BCUT2D eigenvalue weighted by Gasteiger charge is 2.11. The summed E-state index contributed by atoms with van der Waals surface area (Å²) < 4.78 is 12.4. The lowest BCUT2D eigenvalue weighted by Crippen LogP contribution is -2.39. The Hall–Kier alpha value is -2.42. The maximum atomic E-state index is 5.96. The summed E-state index contributed by atoms with van der Waals surface area (Å²) in [4.78, 5) is 11.4. The Morgan fingerprint density at radius 3 is 2.93 bits per heavy atom. The third kappa shape index (κ3) is 4.89. The lowest BCUT2D eigenvalue weighted by atomic mass is 10.3. The molecule has 1 aliphatic heterocycles. The number of aromatic nitrogens is 1. The Morgan fingerprint density at radius 2 is 2.07 bits per heavy atom. The molecule has 1 aliphatic rings. The first-order valence-corrected chi connectivity index (χ1v) is 10.4. The van der Waals surface area contributed by atoms with Crippen LogP contribution in [0.15, 0.2) is 45.8 Å². The first-order valence-electron chi connectivity index (χ1n) is 9.56. The van der Waals surface area contributed by atoms with Crippen LogP contribution in [0.25, 0.3) is 21.0 Å². The van der Waals surface area contributed by atoms with E-state index in [1.165, 1.54) is 0 Å². The van der Waals surface area contributed by atoms with Gasteiger partial charge in [0.1, 0.15) is 12.3 Å². The highest BCUT2D eigenvalue weighted by atomic mass is 32.1. The van der Waals surface area contributed by atoms with Crippen molar-refractivity contribution < 1.29 is 9.15 Å². The number of furan rings is 1. The maximum absolute atomic E-state index is 5.96. The third-order valence-corrected chi connectivity index (χ3v) is 5.68. The van der Waals surface area contributed by atoms with Crippen LogP contribution in [0.4, 0.5) is 0 Å². The summed E-state index contributed by atoms with van der Waals surface area (Å²) in [7, 11) is 0. The number of hydrogen-bond donors (Lipinski definition) is 2. The minimum atomic E-state index is 0.410. The highest BCUT2D eigenvalue weighted by Crippen LogP contribution is 2.31. The van der Waals surface area contributed by atoms with Gasteiger partial charge in [0.15, 0.2) is 16.7 Å². The molecule has 1 aromatic carbocycles. The molecule has 8 heteroatoms. The summed E-state index contributed by atoms with van der Waals surface area (Å²) in [5.41, 5.74) is 6.95.